The van der Waals surface area contributed by atoms with Gasteiger partial charge in [-0.2, -0.15) is 0 Å². The Hall–Kier alpha value is -2.32. The lowest BCUT2D eigenvalue weighted by atomic mass is 9.79. The number of amides is 2. The Morgan fingerprint density at radius 3 is 2.57 bits per heavy atom. The first-order valence-electron chi connectivity index (χ1n) is 9.65. The SMILES string of the molecule is CC(=O)Nc1ncc(Sc2ccc(C(=O)N[C@@H]3C4CCN(CC4)[C@H]3C)cc2)[nH]1. The van der Waals surface area contributed by atoms with Gasteiger partial charge in [0.2, 0.25) is 11.9 Å². The van der Waals surface area contributed by atoms with Crippen molar-refractivity contribution >= 4 is 29.5 Å². The normalized spacial score (nSPS) is 26.1. The number of fused-ring (bicyclic) bond motifs is 3. The number of piperidine rings is 3. The summed E-state index contributed by atoms with van der Waals surface area (Å²) in [6.07, 6.45) is 4.02. The van der Waals surface area contributed by atoms with Crippen LogP contribution >= 0.6 is 11.8 Å². The van der Waals surface area contributed by atoms with Crippen molar-refractivity contribution in [1.29, 1.82) is 0 Å². The summed E-state index contributed by atoms with van der Waals surface area (Å²) < 4.78 is 0. The molecule has 3 N–H and O–H groups in total. The van der Waals surface area contributed by atoms with Gasteiger partial charge in [0.15, 0.2) is 0 Å². The van der Waals surface area contributed by atoms with E-state index in [4.69, 9.17) is 0 Å². The number of nitrogens with one attached hydrogen (secondary N) is 3. The summed E-state index contributed by atoms with van der Waals surface area (Å²) in [7, 11) is 0. The number of benzene rings is 1. The van der Waals surface area contributed by atoms with Crippen LogP contribution in [0.25, 0.3) is 0 Å². The van der Waals surface area contributed by atoms with Crippen molar-refractivity contribution in [2.45, 2.75) is 48.7 Å². The van der Waals surface area contributed by atoms with E-state index in [0.717, 1.165) is 23.0 Å². The smallest absolute Gasteiger partial charge is 0.251 e. The van der Waals surface area contributed by atoms with E-state index in [0.29, 0.717) is 23.5 Å². The van der Waals surface area contributed by atoms with Crippen LogP contribution < -0.4 is 10.6 Å². The van der Waals surface area contributed by atoms with Gasteiger partial charge >= 0.3 is 0 Å². The molecule has 5 rings (SSSR count). The van der Waals surface area contributed by atoms with Crippen molar-refractivity contribution in [2.75, 3.05) is 18.4 Å². The number of hydrogen-bond donors (Lipinski definition) is 3. The highest BCUT2D eigenvalue weighted by Gasteiger charge is 2.40. The first-order chi connectivity index (χ1) is 13.5. The summed E-state index contributed by atoms with van der Waals surface area (Å²) >= 11 is 1.49. The van der Waals surface area contributed by atoms with Gasteiger partial charge in [-0.15, -0.1) is 0 Å². The highest BCUT2D eigenvalue weighted by atomic mass is 32.2. The number of aromatic amines is 1. The molecule has 0 spiro atoms. The molecule has 8 heteroatoms. The summed E-state index contributed by atoms with van der Waals surface area (Å²) in [5, 5.41) is 6.70. The largest absolute Gasteiger partial charge is 0.347 e. The monoisotopic (exact) mass is 399 g/mol. The van der Waals surface area contributed by atoms with Gasteiger partial charge in [0, 0.05) is 29.5 Å². The summed E-state index contributed by atoms with van der Waals surface area (Å²) in [6.45, 7) is 5.97. The molecule has 0 saturated carbocycles. The Labute approximate surface area is 168 Å². The van der Waals surface area contributed by atoms with Crippen molar-refractivity contribution in [2.24, 2.45) is 5.92 Å². The van der Waals surface area contributed by atoms with E-state index in [1.165, 1.54) is 31.5 Å². The zero-order chi connectivity index (χ0) is 19.7. The van der Waals surface area contributed by atoms with Crippen molar-refractivity contribution in [1.82, 2.24) is 20.2 Å². The molecule has 3 fully saturated rings. The van der Waals surface area contributed by atoms with Gasteiger partial charge in [-0.1, -0.05) is 11.8 Å². The number of carbonyl (C=O) groups is 2. The van der Waals surface area contributed by atoms with Crippen LogP contribution in [-0.2, 0) is 4.79 Å². The van der Waals surface area contributed by atoms with Gasteiger partial charge in [0.25, 0.3) is 5.91 Å². The molecule has 28 heavy (non-hydrogen) atoms. The molecule has 0 radical (unpaired) electrons. The lowest BCUT2D eigenvalue weighted by molar-refractivity contribution is -0.114. The fraction of sp³-hybridized carbons (Fsp3) is 0.450. The van der Waals surface area contributed by atoms with Crippen molar-refractivity contribution < 1.29 is 9.59 Å². The number of rotatable bonds is 5. The number of nitrogens with zero attached hydrogens (tertiary/aromatic N) is 2. The first-order valence-corrected chi connectivity index (χ1v) is 10.5. The van der Waals surface area contributed by atoms with Crippen LogP contribution in [0.1, 0.15) is 37.0 Å². The van der Waals surface area contributed by atoms with Crippen molar-refractivity contribution in [3.63, 3.8) is 0 Å². The Balaban J connectivity index is 1.37. The Bertz CT molecular complexity index is 856. The van der Waals surface area contributed by atoms with Crippen molar-refractivity contribution in [3.05, 3.63) is 36.0 Å². The second-order valence-electron chi connectivity index (χ2n) is 7.52. The number of imidazole rings is 1. The molecule has 7 nitrogen and oxygen atoms in total. The average Bonchev–Trinajstić information content (AvgIpc) is 3.11. The predicted molar refractivity (Wildman–Crippen MR) is 108 cm³/mol. The molecule has 2 aromatic rings. The second-order valence-corrected chi connectivity index (χ2v) is 8.63. The Morgan fingerprint density at radius 1 is 1.21 bits per heavy atom. The van der Waals surface area contributed by atoms with Gasteiger partial charge in [-0.25, -0.2) is 4.98 Å². The third kappa shape index (κ3) is 4.07. The van der Waals surface area contributed by atoms with E-state index < -0.39 is 0 Å². The van der Waals surface area contributed by atoms with Crippen LogP contribution in [0.4, 0.5) is 5.95 Å². The third-order valence-electron chi connectivity index (χ3n) is 5.67. The minimum Gasteiger partial charge on any atom is -0.347 e. The van der Waals surface area contributed by atoms with Crippen LogP contribution in [-0.4, -0.2) is 51.9 Å². The van der Waals surface area contributed by atoms with E-state index in [1.807, 2.05) is 24.3 Å². The molecule has 148 valence electrons. The maximum absolute atomic E-state index is 12.7. The molecule has 1 aromatic heterocycles. The van der Waals surface area contributed by atoms with E-state index in [9.17, 15) is 9.59 Å². The molecule has 2 atom stereocenters. The topological polar surface area (TPSA) is 90.1 Å². The number of anilines is 1. The zero-order valence-electron chi connectivity index (χ0n) is 16.1. The van der Waals surface area contributed by atoms with Crippen LogP contribution in [0.3, 0.4) is 0 Å². The lowest BCUT2D eigenvalue weighted by Gasteiger charge is -2.49. The molecular formula is C20H25N5O2S. The maximum atomic E-state index is 12.7. The lowest BCUT2D eigenvalue weighted by Crippen LogP contribution is -2.62. The number of aromatic nitrogens is 2. The molecule has 4 heterocycles. The molecule has 0 aliphatic carbocycles. The molecule has 3 saturated heterocycles. The van der Waals surface area contributed by atoms with E-state index in [1.54, 1.807) is 6.20 Å². The van der Waals surface area contributed by atoms with Crippen LogP contribution in [0, 0.1) is 5.92 Å². The van der Waals surface area contributed by atoms with E-state index in [-0.39, 0.29) is 17.9 Å². The second kappa shape index (κ2) is 7.97. The average molecular weight is 400 g/mol. The van der Waals surface area contributed by atoms with Gasteiger partial charge in [-0.05, 0) is 63.0 Å². The maximum Gasteiger partial charge on any atom is 0.251 e. The van der Waals surface area contributed by atoms with Crippen LogP contribution in [0.15, 0.2) is 40.4 Å². The molecule has 3 aliphatic heterocycles. The highest BCUT2D eigenvalue weighted by molar-refractivity contribution is 7.99. The van der Waals surface area contributed by atoms with Crippen LogP contribution in [0.2, 0.25) is 0 Å². The molecular weight excluding hydrogens is 374 g/mol. The summed E-state index contributed by atoms with van der Waals surface area (Å²) in [4.78, 5) is 34.4. The molecule has 2 bridgehead atoms. The standard InChI is InChI=1S/C20H25N5O2S/c1-12-18(14-7-9-25(12)10-8-14)24-19(27)15-3-5-16(6-4-15)28-17-11-21-20(23-17)22-13(2)26/h3-6,11-12,14,18H,7-10H2,1-2H3,(H,24,27)(H2,21,22,23,26)/t12-,18-/m0/s1. The minimum atomic E-state index is -0.168. The molecule has 2 amide bonds. The van der Waals surface area contributed by atoms with Gasteiger partial charge < -0.3 is 10.3 Å². The van der Waals surface area contributed by atoms with E-state index >= 15 is 0 Å². The predicted octanol–water partition coefficient (Wildman–Crippen LogP) is 2.73. The number of hydrogen-bond acceptors (Lipinski definition) is 5. The fourth-order valence-electron chi connectivity index (χ4n) is 4.17. The molecule has 1 aromatic carbocycles. The zero-order valence-corrected chi connectivity index (χ0v) is 16.9. The summed E-state index contributed by atoms with van der Waals surface area (Å²) in [6, 6.07) is 8.21. The highest BCUT2D eigenvalue weighted by Crippen LogP contribution is 2.32. The minimum absolute atomic E-state index is 0.00312. The third-order valence-corrected chi connectivity index (χ3v) is 6.60. The fourth-order valence-corrected chi connectivity index (χ4v) is 4.95. The Kier molecular flexibility index (Phi) is 5.41. The van der Waals surface area contributed by atoms with Gasteiger partial charge in [-0.3, -0.25) is 19.8 Å². The summed E-state index contributed by atoms with van der Waals surface area (Å²) in [5.74, 6) is 0.852. The number of H-pyrrole nitrogens is 1. The van der Waals surface area contributed by atoms with Gasteiger partial charge in [0.05, 0.1) is 11.2 Å². The van der Waals surface area contributed by atoms with Gasteiger partial charge in [0.1, 0.15) is 0 Å². The summed E-state index contributed by atoms with van der Waals surface area (Å²) in [5.41, 5.74) is 0.677. The first kappa shape index (κ1) is 19.0. The van der Waals surface area contributed by atoms with Crippen LogP contribution in [0.5, 0.6) is 0 Å². The quantitative estimate of drug-likeness (QED) is 0.719. The molecule has 3 aliphatic rings. The van der Waals surface area contributed by atoms with Crippen molar-refractivity contribution in [3.8, 4) is 0 Å². The number of carbonyl (C=O) groups excluding carboxylic acids is 2. The Morgan fingerprint density at radius 2 is 1.93 bits per heavy atom. The van der Waals surface area contributed by atoms with E-state index in [2.05, 4.69) is 32.4 Å². The molecule has 0 unspecified atom stereocenters.